The highest BCUT2D eigenvalue weighted by atomic mass is 16.2. The zero-order chi connectivity index (χ0) is 18.2. The maximum atomic E-state index is 12.8. The van der Waals surface area contributed by atoms with Gasteiger partial charge in [-0.2, -0.15) is 5.10 Å². The lowest BCUT2D eigenvalue weighted by Gasteiger charge is -2.40. The van der Waals surface area contributed by atoms with Crippen molar-refractivity contribution in [1.29, 1.82) is 0 Å². The first-order chi connectivity index (χ1) is 13.3. The first kappa shape index (κ1) is 16.5. The van der Waals surface area contributed by atoms with Crippen LogP contribution >= 0.6 is 0 Å². The fraction of sp³-hybridized carbons (Fsp3) is 0.364. The number of hydrogen-bond donors (Lipinski definition) is 2. The molecule has 138 valence electrons. The Hall–Kier alpha value is -2.66. The molecule has 5 nitrogen and oxygen atoms in total. The van der Waals surface area contributed by atoms with E-state index in [2.05, 4.69) is 44.7 Å². The quantitative estimate of drug-likeness (QED) is 0.750. The van der Waals surface area contributed by atoms with Crippen LogP contribution < -0.4 is 5.32 Å². The Morgan fingerprint density at radius 3 is 2.78 bits per heavy atom. The number of aromatic nitrogens is 2. The van der Waals surface area contributed by atoms with E-state index in [4.69, 9.17) is 0 Å². The van der Waals surface area contributed by atoms with Crippen LogP contribution in [0.25, 0.3) is 22.0 Å². The third-order valence-electron chi connectivity index (χ3n) is 6.03. The minimum Gasteiger partial charge on any atom is -0.347 e. The van der Waals surface area contributed by atoms with Crippen molar-refractivity contribution < 1.29 is 4.79 Å². The van der Waals surface area contributed by atoms with Gasteiger partial charge in [-0.1, -0.05) is 36.4 Å². The van der Waals surface area contributed by atoms with E-state index in [9.17, 15) is 4.79 Å². The van der Waals surface area contributed by atoms with Gasteiger partial charge in [-0.15, -0.1) is 0 Å². The number of amides is 1. The molecule has 3 aromatic rings. The summed E-state index contributed by atoms with van der Waals surface area (Å²) >= 11 is 0. The molecule has 2 N–H and O–H groups in total. The van der Waals surface area contributed by atoms with Crippen LogP contribution in [-0.2, 0) is 0 Å². The van der Waals surface area contributed by atoms with Crippen molar-refractivity contribution in [2.24, 2.45) is 0 Å². The Kier molecular flexibility index (Phi) is 4.17. The summed E-state index contributed by atoms with van der Waals surface area (Å²) in [7, 11) is 0. The lowest BCUT2D eigenvalue weighted by molar-refractivity contribution is 0.0787. The van der Waals surface area contributed by atoms with E-state index in [1.54, 1.807) is 0 Å². The van der Waals surface area contributed by atoms with E-state index in [0.717, 1.165) is 41.0 Å². The molecule has 0 spiro atoms. The van der Waals surface area contributed by atoms with E-state index in [1.807, 2.05) is 24.3 Å². The van der Waals surface area contributed by atoms with Crippen LogP contribution in [0.1, 0.15) is 36.2 Å². The van der Waals surface area contributed by atoms with Crippen LogP contribution in [-0.4, -0.2) is 46.2 Å². The van der Waals surface area contributed by atoms with Crippen LogP contribution in [0, 0.1) is 0 Å². The van der Waals surface area contributed by atoms with Crippen molar-refractivity contribution in [2.75, 3.05) is 13.1 Å². The number of benzene rings is 2. The van der Waals surface area contributed by atoms with Gasteiger partial charge >= 0.3 is 0 Å². The van der Waals surface area contributed by atoms with E-state index in [1.165, 1.54) is 25.8 Å². The van der Waals surface area contributed by atoms with Crippen LogP contribution in [0.3, 0.4) is 0 Å². The Balaban J connectivity index is 1.36. The summed E-state index contributed by atoms with van der Waals surface area (Å²) in [6, 6.07) is 17.3. The Bertz CT molecular complexity index is 965. The predicted octanol–water partition coefficient (Wildman–Crippen LogP) is 3.59. The zero-order valence-electron chi connectivity index (χ0n) is 15.3. The van der Waals surface area contributed by atoms with Gasteiger partial charge in [-0.25, -0.2) is 0 Å². The predicted molar refractivity (Wildman–Crippen MR) is 107 cm³/mol. The summed E-state index contributed by atoms with van der Waals surface area (Å²) < 4.78 is 0. The number of H-pyrrole nitrogens is 1. The molecule has 2 aliphatic rings. The van der Waals surface area contributed by atoms with Crippen molar-refractivity contribution in [3.63, 3.8) is 0 Å². The molecule has 27 heavy (non-hydrogen) atoms. The molecule has 5 heteroatoms. The summed E-state index contributed by atoms with van der Waals surface area (Å²) in [5.41, 5.74) is 3.66. The first-order valence-electron chi connectivity index (χ1n) is 9.86. The van der Waals surface area contributed by atoms with Gasteiger partial charge in [-0.3, -0.25) is 14.8 Å². The van der Waals surface area contributed by atoms with Gasteiger partial charge < -0.3 is 5.32 Å². The van der Waals surface area contributed by atoms with Crippen LogP contribution in [0.15, 0.2) is 48.5 Å². The summed E-state index contributed by atoms with van der Waals surface area (Å²) in [5.74, 6) is -0.0716. The van der Waals surface area contributed by atoms with E-state index in [0.29, 0.717) is 5.69 Å². The van der Waals surface area contributed by atoms with Gasteiger partial charge in [0.25, 0.3) is 5.91 Å². The topological polar surface area (TPSA) is 61.0 Å². The van der Waals surface area contributed by atoms with Gasteiger partial charge in [0.2, 0.25) is 0 Å². The van der Waals surface area contributed by atoms with Crippen molar-refractivity contribution in [3.05, 3.63) is 54.2 Å². The highest BCUT2D eigenvalue weighted by Gasteiger charge is 2.33. The van der Waals surface area contributed by atoms with Gasteiger partial charge in [0.05, 0.1) is 5.52 Å². The third kappa shape index (κ3) is 3.12. The first-order valence-corrected chi connectivity index (χ1v) is 9.86. The van der Waals surface area contributed by atoms with Crippen molar-refractivity contribution >= 4 is 16.8 Å². The highest BCUT2D eigenvalue weighted by Crippen LogP contribution is 2.28. The van der Waals surface area contributed by atoms with E-state index in [-0.39, 0.29) is 11.9 Å². The number of rotatable bonds is 3. The summed E-state index contributed by atoms with van der Waals surface area (Å²) in [6.45, 7) is 2.14. The molecule has 0 radical (unpaired) electrons. The summed E-state index contributed by atoms with van der Waals surface area (Å²) in [5, 5.41) is 11.4. The smallest absolute Gasteiger partial charge is 0.272 e. The molecule has 0 saturated carbocycles. The van der Waals surface area contributed by atoms with Crippen LogP contribution in [0.4, 0.5) is 0 Å². The number of hydrogen-bond acceptors (Lipinski definition) is 3. The van der Waals surface area contributed by atoms with Gasteiger partial charge in [-0.05, 0) is 55.5 Å². The molecular weight excluding hydrogens is 336 g/mol. The molecule has 5 rings (SSSR count). The number of carbonyl (C=O) groups is 1. The van der Waals surface area contributed by atoms with Gasteiger partial charge in [0.1, 0.15) is 0 Å². The molecule has 2 atom stereocenters. The second-order valence-corrected chi connectivity index (χ2v) is 7.74. The summed E-state index contributed by atoms with van der Waals surface area (Å²) in [6.07, 6.45) is 4.82. The number of nitrogens with one attached hydrogen (secondary N) is 2. The molecule has 2 fully saturated rings. The standard InChI is InChI=1S/C22H24N4O/c27-22(23-17-7-4-8-18-11-12-26(18)14-17)21-19-10-9-16(13-20(19)24-25-21)15-5-2-1-3-6-15/h1-3,5-6,9-10,13,17-18H,4,7-8,11-12,14H2,(H,23,27)(H,24,25)/t17-,18?/m0/s1. The molecule has 1 unspecified atom stereocenters. The van der Waals surface area contributed by atoms with Crippen molar-refractivity contribution in [3.8, 4) is 11.1 Å². The Morgan fingerprint density at radius 2 is 1.96 bits per heavy atom. The molecule has 3 heterocycles. The lowest BCUT2D eigenvalue weighted by Crippen LogP contribution is -2.52. The number of nitrogens with zero attached hydrogens (tertiary/aromatic N) is 2. The highest BCUT2D eigenvalue weighted by molar-refractivity contribution is 6.05. The van der Waals surface area contributed by atoms with Crippen LogP contribution in [0.5, 0.6) is 0 Å². The fourth-order valence-corrected chi connectivity index (χ4v) is 4.41. The zero-order valence-corrected chi connectivity index (χ0v) is 15.3. The summed E-state index contributed by atoms with van der Waals surface area (Å²) in [4.78, 5) is 15.4. The maximum absolute atomic E-state index is 12.8. The minimum absolute atomic E-state index is 0.0716. The SMILES string of the molecule is O=C(N[C@H]1CCCC2CCN2C1)c1n[nH]c2cc(-c3ccccc3)ccc12. The molecule has 2 aromatic carbocycles. The lowest BCUT2D eigenvalue weighted by atomic mass is 10.00. The molecule has 0 bridgehead atoms. The molecular formula is C22H24N4O. The largest absolute Gasteiger partial charge is 0.347 e. The normalized spacial score (nSPS) is 22.7. The molecule has 1 amide bonds. The average molecular weight is 360 g/mol. The molecule has 0 aliphatic carbocycles. The number of fused-ring (bicyclic) bond motifs is 2. The Labute approximate surface area is 158 Å². The average Bonchev–Trinajstić information content (AvgIpc) is 3.06. The van der Waals surface area contributed by atoms with Crippen molar-refractivity contribution in [2.45, 2.75) is 37.8 Å². The van der Waals surface area contributed by atoms with E-state index >= 15 is 0 Å². The number of carbonyl (C=O) groups excluding carboxylic acids is 1. The second kappa shape index (κ2) is 6.82. The molecule has 2 saturated heterocycles. The van der Waals surface area contributed by atoms with E-state index < -0.39 is 0 Å². The second-order valence-electron chi connectivity index (χ2n) is 7.74. The third-order valence-corrected chi connectivity index (χ3v) is 6.03. The van der Waals surface area contributed by atoms with Crippen LogP contribution in [0.2, 0.25) is 0 Å². The minimum atomic E-state index is -0.0716. The molecule has 1 aromatic heterocycles. The van der Waals surface area contributed by atoms with Gasteiger partial charge in [0.15, 0.2) is 5.69 Å². The Morgan fingerprint density at radius 1 is 1.07 bits per heavy atom. The molecule has 2 aliphatic heterocycles. The van der Waals surface area contributed by atoms with Gasteiger partial charge in [0, 0.05) is 24.0 Å². The number of aromatic amines is 1. The van der Waals surface area contributed by atoms with Crippen molar-refractivity contribution in [1.82, 2.24) is 20.4 Å². The maximum Gasteiger partial charge on any atom is 0.272 e. The fourth-order valence-electron chi connectivity index (χ4n) is 4.41. The monoisotopic (exact) mass is 360 g/mol.